The molecule has 5 rings (SSSR count). The van der Waals surface area contributed by atoms with Gasteiger partial charge in [0, 0.05) is 34.5 Å². The van der Waals surface area contributed by atoms with Crippen LogP contribution in [-0.4, -0.2) is 51.8 Å². The highest BCUT2D eigenvalue weighted by atomic mass is 127. The Hall–Kier alpha value is -3.43. The summed E-state index contributed by atoms with van der Waals surface area (Å²) >= 11 is 1.87. The van der Waals surface area contributed by atoms with Crippen LogP contribution < -0.4 is 16.4 Å². The van der Waals surface area contributed by atoms with Gasteiger partial charge < -0.3 is 21.1 Å². The Morgan fingerprint density at radius 3 is 2.54 bits per heavy atom. The zero-order valence-corrected chi connectivity index (χ0v) is 23.0. The number of carbonyl (C=O) groups is 1. The highest BCUT2D eigenvalue weighted by molar-refractivity contribution is 14.1. The quantitative estimate of drug-likeness (QED) is 0.250. The van der Waals surface area contributed by atoms with E-state index in [-0.39, 0.29) is 5.69 Å². The van der Waals surface area contributed by atoms with Crippen LogP contribution >= 0.6 is 22.6 Å². The average molecular weight is 651 g/mol. The van der Waals surface area contributed by atoms with Gasteiger partial charge in [0.2, 0.25) is 0 Å². The summed E-state index contributed by atoms with van der Waals surface area (Å²) in [5.41, 5.74) is 10.5. The van der Waals surface area contributed by atoms with E-state index in [9.17, 15) is 18.0 Å². The second-order valence-electron chi connectivity index (χ2n) is 9.09. The maximum absolute atomic E-state index is 13.1. The number of halogens is 4. The third-order valence-electron chi connectivity index (χ3n) is 6.57. The number of nitrogens with one attached hydrogen (secondary N) is 2. The van der Waals surface area contributed by atoms with Gasteiger partial charge in [0.05, 0.1) is 30.2 Å². The summed E-state index contributed by atoms with van der Waals surface area (Å²) in [6, 6.07) is 9.66. The van der Waals surface area contributed by atoms with E-state index in [4.69, 9.17) is 10.5 Å². The molecule has 2 amide bonds. The van der Waals surface area contributed by atoms with Crippen LogP contribution in [0.15, 0.2) is 48.8 Å². The highest BCUT2D eigenvalue weighted by Gasteiger charge is 2.31. The van der Waals surface area contributed by atoms with Crippen LogP contribution in [0.4, 0.5) is 35.2 Å². The molecule has 0 radical (unpaired) electrons. The number of carbonyl (C=O) groups excluding carboxylic acids is 1. The maximum atomic E-state index is 13.1. The fourth-order valence-electron chi connectivity index (χ4n) is 4.60. The molecule has 0 atom stereocenters. The molecule has 0 unspecified atom stereocenters. The molecule has 0 aliphatic carbocycles. The van der Waals surface area contributed by atoms with E-state index < -0.39 is 17.8 Å². The predicted molar refractivity (Wildman–Crippen MR) is 150 cm³/mol. The van der Waals surface area contributed by atoms with Crippen molar-refractivity contribution in [2.24, 2.45) is 0 Å². The number of amides is 2. The second-order valence-corrected chi connectivity index (χ2v) is 10.3. The molecule has 1 fully saturated rings. The van der Waals surface area contributed by atoms with E-state index in [0.717, 1.165) is 47.6 Å². The molecule has 2 aromatic carbocycles. The molecule has 0 spiro atoms. The summed E-state index contributed by atoms with van der Waals surface area (Å²) in [6.45, 7) is 5.72. The summed E-state index contributed by atoms with van der Waals surface area (Å²) in [6.07, 6.45) is -3.07. The lowest BCUT2D eigenvalue weighted by Gasteiger charge is -2.26. The van der Waals surface area contributed by atoms with Crippen molar-refractivity contribution in [1.29, 1.82) is 0 Å². The summed E-state index contributed by atoms with van der Waals surface area (Å²) in [5.74, 6) is 0.355. The van der Waals surface area contributed by atoms with Crippen LogP contribution in [0.2, 0.25) is 0 Å². The van der Waals surface area contributed by atoms with E-state index in [1.165, 1.54) is 12.4 Å². The average Bonchev–Trinajstić information content (AvgIpc) is 3.18. The number of alkyl halides is 3. The molecule has 13 heteroatoms. The smallest absolute Gasteiger partial charge is 0.382 e. The third kappa shape index (κ3) is 5.79. The van der Waals surface area contributed by atoms with Gasteiger partial charge in [0.1, 0.15) is 11.8 Å². The number of fused-ring (bicyclic) bond motifs is 1. The molecule has 1 aliphatic heterocycles. The van der Waals surface area contributed by atoms with Crippen LogP contribution in [0.5, 0.6) is 0 Å². The normalized spacial score (nSPS) is 14.5. The number of rotatable bonds is 5. The summed E-state index contributed by atoms with van der Waals surface area (Å²) < 4.78 is 47.0. The number of hydrogen-bond donors (Lipinski definition) is 3. The summed E-state index contributed by atoms with van der Waals surface area (Å²) in [7, 11) is 0. The topological polar surface area (TPSA) is 110 Å². The number of morpholine rings is 1. The zero-order valence-electron chi connectivity index (χ0n) is 20.8. The lowest BCUT2D eigenvalue weighted by Crippen LogP contribution is -2.36. The molecule has 39 heavy (non-hydrogen) atoms. The van der Waals surface area contributed by atoms with E-state index in [1.807, 2.05) is 46.2 Å². The van der Waals surface area contributed by atoms with Crippen LogP contribution in [0.3, 0.4) is 0 Å². The van der Waals surface area contributed by atoms with Gasteiger partial charge in [-0.1, -0.05) is 12.1 Å². The molecule has 3 heterocycles. The minimum Gasteiger partial charge on any atom is -0.382 e. The number of nitrogens with zero attached hydrogens (tertiary/aromatic N) is 4. The Morgan fingerprint density at radius 2 is 1.85 bits per heavy atom. The minimum absolute atomic E-state index is 0.0683. The number of nitrogen functional groups attached to an aromatic ring is 1. The third-order valence-corrected chi connectivity index (χ3v) is 7.51. The first-order valence-electron chi connectivity index (χ1n) is 12.1. The number of urea groups is 1. The first-order valence-corrected chi connectivity index (χ1v) is 13.2. The number of anilines is 3. The van der Waals surface area contributed by atoms with Crippen LogP contribution in [0.25, 0.3) is 16.6 Å². The molecule has 2 aromatic heterocycles. The standard InChI is InChI=1S/C26H25F3IN7O2/c1-15-21(13-36-8-10-39-11-9-36)37-23(24(31)32-14-33-37)22(15)16-2-5-18(6-3-16)34-25(38)35-20-12-17(26(27,28)29)4-7-19(20)30/h2-7,12,14H,8-11,13H2,1H3,(H2,31,32,33)(H2,34,35,38). The number of ether oxygens (including phenoxy) is 1. The van der Waals surface area contributed by atoms with Crippen molar-refractivity contribution >= 4 is 51.3 Å². The van der Waals surface area contributed by atoms with Crippen LogP contribution in [-0.2, 0) is 17.5 Å². The Bertz CT molecular complexity index is 1520. The van der Waals surface area contributed by atoms with Crippen molar-refractivity contribution in [2.45, 2.75) is 19.6 Å². The Labute approximate surface area is 235 Å². The number of nitrogens with two attached hydrogens (primary N) is 1. The molecule has 0 saturated carbocycles. The zero-order chi connectivity index (χ0) is 27.7. The van der Waals surface area contributed by atoms with Crippen LogP contribution in [0, 0.1) is 10.5 Å². The molecular weight excluding hydrogens is 626 g/mol. The van der Waals surface area contributed by atoms with Gasteiger partial charge in [0.25, 0.3) is 0 Å². The van der Waals surface area contributed by atoms with E-state index >= 15 is 0 Å². The van der Waals surface area contributed by atoms with E-state index in [1.54, 1.807) is 12.1 Å². The van der Waals surface area contributed by atoms with Gasteiger partial charge in [-0.25, -0.2) is 14.3 Å². The van der Waals surface area contributed by atoms with Gasteiger partial charge in [-0.15, -0.1) is 0 Å². The lowest BCUT2D eigenvalue weighted by atomic mass is 10.0. The monoisotopic (exact) mass is 651 g/mol. The number of hydrogen-bond acceptors (Lipinski definition) is 6. The molecule has 4 N–H and O–H groups in total. The summed E-state index contributed by atoms with van der Waals surface area (Å²) in [5, 5.41) is 9.63. The maximum Gasteiger partial charge on any atom is 0.416 e. The molecular formula is C26H25F3IN7O2. The van der Waals surface area contributed by atoms with Crippen molar-refractivity contribution in [2.75, 3.05) is 42.7 Å². The molecule has 4 aromatic rings. The van der Waals surface area contributed by atoms with Gasteiger partial charge in [0.15, 0.2) is 5.82 Å². The van der Waals surface area contributed by atoms with Crippen molar-refractivity contribution in [3.63, 3.8) is 0 Å². The van der Waals surface area contributed by atoms with Crippen molar-refractivity contribution in [3.8, 4) is 11.1 Å². The van der Waals surface area contributed by atoms with Crippen LogP contribution in [0.1, 0.15) is 16.8 Å². The van der Waals surface area contributed by atoms with Crippen molar-refractivity contribution < 1.29 is 22.7 Å². The summed E-state index contributed by atoms with van der Waals surface area (Å²) in [4.78, 5) is 19.1. The predicted octanol–water partition coefficient (Wildman–Crippen LogP) is 5.39. The molecule has 1 saturated heterocycles. The molecule has 1 aliphatic rings. The molecule has 204 valence electrons. The number of benzene rings is 2. The van der Waals surface area contributed by atoms with Crippen molar-refractivity contribution in [1.82, 2.24) is 19.5 Å². The minimum atomic E-state index is -4.51. The SMILES string of the molecule is Cc1c(-c2ccc(NC(=O)Nc3cc(C(F)(F)F)ccc3I)cc2)c2c(N)ncnn2c1CN1CCOCC1. The Balaban J connectivity index is 1.38. The first kappa shape index (κ1) is 27.1. The van der Waals surface area contributed by atoms with Crippen molar-refractivity contribution in [3.05, 3.63) is 69.2 Å². The highest BCUT2D eigenvalue weighted by Crippen LogP contribution is 2.36. The lowest BCUT2D eigenvalue weighted by molar-refractivity contribution is -0.137. The fourth-order valence-corrected chi connectivity index (χ4v) is 5.07. The Morgan fingerprint density at radius 1 is 1.13 bits per heavy atom. The van der Waals surface area contributed by atoms with Gasteiger partial charge in [-0.3, -0.25) is 4.90 Å². The van der Waals surface area contributed by atoms with Gasteiger partial charge in [-0.2, -0.15) is 18.3 Å². The fraction of sp³-hybridized carbons (Fsp3) is 0.269. The van der Waals surface area contributed by atoms with Gasteiger partial charge >= 0.3 is 12.2 Å². The van der Waals surface area contributed by atoms with E-state index in [0.29, 0.717) is 40.4 Å². The molecule has 0 bridgehead atoms. The molecule has 9 nitrogen and oxygen atoms in total. The first-order chi connectivity index (χ1) is 18.6. The largest absolute Gasteiger partial charge is 0.416 e. The Kier molecular flexibility index (Phi) is 7.64. The second kappa shape index (κ2) is 11.0. The van der Waals surface area contributed by atoms with Gasteiger partial charge in [-0.05, 0) is 71.0 Å². The van der Waals surface area contributed by atoms with E-state index in [2.05, 4.69) is 25.6 Å². The number of aromatic nitrogens is 3.